The Labute approximate surface area is 198 Å². The number of sulfonamides is 1. The summed E-state index contributed by atoms with van der Waals surface area (Å²) in [4.78, 5) is 27.1. The molecule has 1 aliphatic rings. The number of amides is 2. The summed E-state index contributed by atoms with van der Waals surface area (Å²) in [5, 5.41) is 3.25. The van der Waals surface area contributed by atoms with Crippen LogP contribution in [0.25, 0.3) is 0 Å². The Morgan fingerprint density at radius 2 is 1.88 bits per heavy atom. The van der Waals surface area contributed by atoms with E-state index >= 15 is 0 Å². The van der Waals surface area contributed by atoms with Crippen molar-refractivity contribution in [2.24, 2.45) is 5.92 Å². The van der Waals surface area contributed by atoms with Crippen molar-refractivity contribution in [2.45, 2.75) is 37.6 Å². The molecule has 2 aromatic rings. The first-order valence-corrected chi connectivity index (χ1v) is 12.5. The summed E-state index contributed by atoms with van der Waals surface area (Å²) < 4.78 is 27.9. The molecule has 0 aliphatic carbocycles. The quantitative estimate of drug-likeness (QED) is 0.599. The zero-order valence-corrected chi connectivity index (χ0v) is 20.1. The van der Waals surface area contributed by atoms with Crippen LogP contribution in [0, 0.1) is 5.92 Å². The second-order valence-electron chi connectivity index (χ2n) is 8.06. The molecule has 2 N–H and O–H groups in total. The van der Waals surface area contributed by atoms with E-state index < -0.39 is 16.1 Å². The van der Waals surface area contributed by atoms with Gasteiger partial charge >= 0.3 is 0 Å². The molecule has 2 aromatic carbocycles. The third-order valence-corrected chi connectivity index (χ3v) is 7.18. The molecule has 0 aromatic heterocycles. The van der Waals surface area contributed by atoms with Gasteiger partial charge in [-0.05, 0) is 55.2 Å². The van der Waals surface area contributed by atoms with E-state index in [-0.39, 0.29) is 32.4 Å². The van der Waals surface area contributed by atoms with E-state index in [0.717, 1.165) is 6.42 Å². The number of hydrogen-bond donors (Lipinski definition) is 2. The van der Waals surface area contributed by atoms with Crippen LogP contribution in [0.15, 0.2) is 47.4 Å². The van der Waals surface area contributed by atoms with Gasteiger partial charge in [0.1, 0.15) is 6.04 Å². The zero-order valence-electron chi connectivity index (χ0n) is 17.8. The highest BCUT2D eigenvalue weighted by Crippen LogP contribution is 2.27. The van der Waals surface area contributed by atoms with Crippen molar-refractivity contribution in [2.75, 3.05) is 17.8 Å². The van der Waals surface area contributed by atoms with Crippen molar-refractivity contribution in [1.82, 2.24) is 10.2 Å². The van der Waals surface area contributed by atoms with Gasteiger partial charge < -0.3 is 10.2 Å². The van der Waals surface area contributed by atoms with Gasteiger partial charge in [-0.25, -0.2) is 8.42 Å². The average Bonchev–Trinajstić information content (AvgIpc) is 3.23. The normalized spacial score (nSPS) is 16.3. The molecule has 0 bridgehead atoms. The van der Waals surface area contributed by atoms with Crippen LogP contribution < -0.4 is 10.0 Å². The first-order valence-electron chi connectivity index (χ1n) is 10.2. The van der Waals surface area contributed by atoms with E-state index in [1.165, 1.54) is 24.3 Å². The van der Waals surface area contributed by atoms with Crippen molar-refractivity contribution in [1.29, 1.82) is 0 Å². The maximum absolute atomic E-state index is 13.1. The van der Waals surface area contributed by atoms with E-state index in [1.54, 1.807) is 23.1 Å². The van der Waals surface area contributed by atoms with Crippen LogP contribution in [-0.2, 0) is 14.8 Å². The molecule has 32 heavy (non-hydrogen) atoms. The third kappa shape index (κ3) is 5.74. The number of halogens is 2. The molecule has 0 radical (unpaired) electrons. The van der Waals surface area contributed by atoms with Gasteiger partial charge in [-0.15, -0.1) is 0 Å². The van der Waals surface area contributed by atoms with E-state index in [4.69, 9.17) is 23.2 Å². The standard InChI is InChI=1S/C22H25Cl2N3O4S/c1-14(2)13-25-21(28)20-7-4-10-27(20)22(29)15-5-3-6-16(11-15)26-32(30,31)17-8-9-18(23)19(24)12-17/h3,5-6,8-9,11-12,14,20,26H,4,7,10,13H2,1-2H3,(H,25,28). The van der Waals surface area contributed by atoms with Gasteiger partial charge in [0.2, 0.25) is 5.91 Å². The predicted octanol–water partition coefficient (Wildman–Crippen LogP) is 4.17. The topological polar surface area (TPSA) is 95.6 Å². The van der Waals surface area contributed by atoms with Gasteiger partial charge in [-0.2, -0.15) is 0 Å². The summed E-state index contributed by atoms with van der Waals surface area (Å²) in [7, 11) is -3.94. The Kier molecular flexibility index (Phi) is 7.69. The highest BCUT2D eigenvalue weighted by atomic mass is 35.5. The van der Waals surface area contributed by atoms with E-state index in [0.29, 0.717) is 31.0 Å². The molecule has 1 saturated heterocycles. The molecule has 1 heterocycles. The van der Waals surface area contributed by atoms with Crippen molar-refractivity contribution in [3.05, 3.63) is 58.1 Å². The Balaban J connectivity index is 1.77. The molecular weight excluding hydrogens is 473 g/mol. The highest BCUT2D eigenvalue weighted by molar-refractivity contribution is 7.92. The minimum Gasteiger partial charge on any atom is -0.354 e. The molecule has 3 rings (SSSR count). The van der Waals surface area contributed by atoms with Crippen molar-refractivity contribution in [3.8, 4) is 0 Å². The monoisotopic (exact) mass is 497 g/mol. The van der Waals surface area contributed by atoms with Gasteiger partial charge in [-0.1, -0.05) is 43.1 Å². The fraction of sp³-hybridized carbons (Fsp3) is 0.364. The molecule has 1 fully saturated rings. The Hall–Kier alpha value is -2.29. The highest BCUT2D eigenvalue weighted by Gasteiger charge is 2.34. The maximum atomic E-state index is 13.1. The minimum absolute atomic E-state index is 0.0509. The van der Waals surface area contributed by atoms with Crippen molar-refractivity contribution in [3.63, 3.8) is 0 Å². The van der Waals surface area contributed by atoms with Crippen LogP contribution >= 0.6 is 23.2 Å². The van der Waals surface area contributed by atoms with Crippen LogP contribution in [0.3, 0.4) is 0 Å². The number of benzene rings is 2. The number of likely N-dealkylation sites (tertiary alicyclic amines) is 1. The maximum Gasteiger partial charge on any atom is 0.261 e. The number of carbonyl (C=O) groups excluding carboxylic acids is 2. The number of carbonyl (C=O) groups is 2. The number of rotatable bonds is 7. The SMILES string of the molecule is CC(C)CNC(=O)C1CCCN1C(=O)c1cccc(NS(=O)(=O)c2ccc(Cl)c(Cl)c2)c1. The van der Waals surface area contributed by atoms with Gasteiger partial charge in [0.25, 0.3) is 15.9 Å². The average molecular weight is 498 g/mol. The fourth-order valence-corrected chi connectivity index (χ4v) is 4.88. The molecule has 0 saturated carbocycles. The lowest BCUT2D eigenvalue weighted by Gasteiger charge is -2.24. The van der Waals surface area contributed by atoms with Gasteiger partial charge in [0.15, 0.2) is 0 Å². The van der Waals surface area contributed by atoms with Crippen LogP contribution in [-0.4, -0.2) is 44.3 Å². The second kappa shape index (κ2) is 10.1. The Bertz CT molecular complexity index is 1120. The minimum atomic E-state index is -3.94. The number of hydrogen-bond acceptors (Lipinski definition) is 4. The van der Waals surface area contributed by atoms with Gasteiger partial charge in [0.05, 0.1) is 14.9 Å². The van der Waals surface area contributed by atoms with Crippen LogP contribution in [0.1, 0.15) is 37.0 Å². The smallest absolute Gasteiger partial charge is 0.261 e. The van der Waals surface area contributed by atoms with E-state index in [1.807, 2.05) is 13.8 Å². The zero-order chi connectivity index (χ0) is 23.5. The third-order valence-electron chi connectivity index (χ3n) is 5.06. The van der Waals surface area contributed by atoms with Gasteiger partial charge in [0, 0.05) is 24.3 Å². The number of nitrogens with one attached hydrogen (secondary N) is 2. The molecule has 1 unspecified atom stereocenters. The number of nitrogens with zero attached hydrogens (tertiary/aromatic N) is 1. The molecule has 10 heteroatoms. The summed E-state index contributed by atoms with van der Waals surface area (Å²) in [6.07, 6.45) is 1.33. The lowest BCUT2D eigenvalue weighted by Crippen LogP contribution is -2.46. The fourth-order valence-electron chi connectivity index (χ4n) is 3.44. The molecule has 1 aliphatic heterocycles. The van der Waals surface area contributed by atoms with E-state index in [9.17, 15) is 18.0 Å². The molecule has 0 spiro atoms. The molecule has 2 amide bonds. The summed E-state index contributed by atoms with van der Waals surface area (Å²) in [5.41, 5.74) is 0.518. The van der Waals surface area contributed by atoms with Crippen molar-refractivity contribution < 1.29 is 18.0 Å². The lowest BCUT2D eigenvalue weighted by molar-refractivity contribution is -0.125. The Morgan fingerprint density at radius 3 is 2.56 bits per heavy atom. The van der Waals surface area contributed by atoms with Crippen LogP contribution in [0.2, 0.25) is 10.0 Å². The summed E-state index contributed by atoms with van der Waals surface area (Å²) in [6, 6.07) is 9.65. The molecule has 172 valence electrons. The summed E-state index contributed by atoms with van der Waals surface area (Å²) in [6.45, 7) is 5.02. The lowest BCUT2D eigenvalue weighted by atomic mass is 10.1. The largest absolute Gasteiger partial charge is 0.354 e. The van der Waals surface area contributed by atoms with Crippen molar-refractivity contribution >= 4 is 50.7 Å². The first kappa shape index (κ1) is 24.4. The predicted molar refractivity (Wildman–Crippen MR) is 126 cm³/mol. The molecular formula is C22H25Cl2N3O4S. The first-order chi connectivity index (χ1) is 15.1. The van der Waals surface area contributed by atoms with Gasteiger partial charge in [-0.3, -0.25) is 14.3 Å². The molecule has 7 nitrogen and oxygen atoms in total. The Morgan fingerprint density at radius 1 is 1.12 bits per heavy atom. The molecule has 1 atom stereocenters. The summed E-state index contributed by atoms with van der Waals surface area (Å²) in [5.74, 6) is -0.173. The van der Waals surface area contributed by atoms with Crippen LogP contribution in [0.5, 0.6) is 0 Å². The second-order valence-corrected chi connectivity index (χ2v) is 10.6. The summed E-state index contributed by atoms with van der Waals surface area (Å²) >= 11 is 11.8. The number of anilines is 1. The van der Waals surface area contributed by atoms with E-state index in [2.05, 4.69) is 10.0 Å². The van der Waals surface area contributed by atoms with Crippen LogP contribution in [0.4, 0.5) is 5.69 Å².